The lowest BCUT2D eigenvalue weighted by atomic mass is 9.99. The zero-order valence-corrected chi connectivity index (χ0v) is 12.0. The van der Waals surface area contributed by atoms with Gasteiger partial charge in [-0.05, 0) is 23.3 Å². The summed E-state index contributed by atoms with van der Waals surface area (Å²) in [6.45, 7) is 0. The number of nitrogens with one attached hydrogen (secondary N) is 1. The molecule has 0 fully saturated rings. The predicted octanol–water partition coefficient (Wildman–Crippen LogP) is 2.71. The predicted molar refractivity (Wildman–Crippen MR) is 84.2 cm³/mol. The van der Waals surface area contributed by atoms with Crippen molar-refractivity contribution in [3.8, 4) is 11.1 Å². The highest BCUT2D eigenvalue weighted by Gasteiger charge is 2.11. The van der Waals surface area contributed by atoms with E-state index in [0.29, 0.717) is 0 Å². The molecular formula is C15H12ClN3O3. The Kier molecular flexibility index (Phi) is 4.75. The van der Waals surface area contributed by atoms with Crippen LogP contribution in [0.2, 0.25) is 5.02 Å². The Morgan fingerprint density at radius 2 is 1.95 bits per heavy atom. The number of hydrazone groups is 1. The first kappa shape index (κ1) is 15.5. The van der Waals surface area contributed by atoms with Gasteiger partial charge in [-0.3, -0.25) is 0 Å². The second kappa shape index (κ2) is 6.73. The zero-order valence-electron chi connectivity index (χ0n) is 11.3. The zero-order chi connectivity index (χ0) is 16.1. The van der Waals surface area contributed by atoms with E-state index in [1.165, 1.54) is 12.3 Å². The minimum absolute atomic E-state index is 0.0342. The van der Waals surface area contributed by atoms with Crippen LogP contribution in [0.25, 0.3) is 11.1 Å². The van der Waals surface area contributed by atoms with Crippen molar-refractivity contribution in [1.29, 1.82) is 0 Å². The molecule has 2 amide bonds. The summed E-state index contributed by atoms with van der Waals surface area (Å²) in [5, 5.41) is 12.9. The fraction of sp³-hybridized carbons (Fsp3) is 0. The lowest BCUT2D eigenvalue weighted by molar-refractivity contribution is 0.0697. The van der Waals surface area contributed by atoms with Crippen molar-refractivity contribution in [3.63, 3.8) is 0 Å². The SMILES string of the molecule is NC(=O)NN=Cc1ccccc1-c1ccc(C(=O)O)c(Cl)c1. The minimum atomic E-state index is -1.09. The van der Waals surface area contributed by atoms with Crippen molar-refractivity contribution >= 4 is 29.8 Å². The molecule has 0 aliphatic heterocycles. The second-order valence-corrected chi connectivity index (χ2v) is 4.73. The molecule has 0 aliphatic carbocycles. The van der Waals surface area contributed by atoms with E-state index in [9.17, 15) is 9.59 Å². The number of primary amides is 1. The van der Waals surface area contributed by atoms with E-state index in [1.54, 1.807) is 18.2 Å². The van der Waals surface area contributed by atoms with Crippen LogP contribution in [0.1, 0.15) is 15.9 Å². The van der Waals surface area contributed by atoms with E-state index in [1.807, 2.05) is 18.2 Å². The molecule has 0 heterocycles. The first-order valence-corrected chi connectivity index (χ1v) is 6.57. The van der Waals surface area contributed by atoms with Crippen molar-refractivity contribution in [2.45, 2.75) is 0 Å². The summed E-state index contributed by atoms with van der Waals surface area (Å²) in [5.74, 6) is -1.09. The Labute approximate surface area is 131 Å². The first-order valence-electron chi connectivity index (χ1n) is 6.20. The van der Waals surface area contributed by atoms with Crippen molar-refractivity contribution in [2.24, 2.45) is 10.8 Å². The van der Waals surface area contributed by atoms with Gasteiger partial charge < -0.3 is 10.8 Å². The number of hydrogen-bond donors (Lipinski definition) is 3. The monoisotopic (exact) mass is 317 g/mol. The van der Waals surface area contributed by atoms with Crippen LogP contribution in [0.15, 0.2) is 47.6 Å². The number of nitrogens with two attached hydrogens (primary N) is 1. The maximum atomic E-state index is 11.0. The van der Waals surface area contributed by atoms with Crippen molar-refractivity contribution < 1.29 is 14.7 Å². The van der Waals surface area contributed by atoms with Crippen molar-refractivity contribution in [2.75, 3.05) is 0 Å². The topological polar surface area (TPSA) is 105 Å². The molecule has 0 saturated heterocycles. The van der Waals surface area contributed by atoms with Gasteiger partial charge in [0.05, 0.1) is 16.8 Å². The summed E-state index contributed by atoms with van der Waals surface area (Å²) in [6.07, 6.45) is 1.44. The van der Waals surface area contributed by atoms with Gasteiger partial charge in [-0.1, -0.05) is 41.9 Å². The third-order valence-corrected chi connectivity index (χ3v) is 3.16. The summed E-state index contributed by atoms with van der Waals surface area (Å²) < 4.78 is 0. The van der Waals surface area contributed by atoms with Crippen LogP contribution in [0, 0.1) is 0 Å². The van der Waals surface area contributed by atoms with Crippen LogP contribution in [0.5, 0.6) is 0 Å². The molecule has 7 heteroatoms. The number of carbonyl (C=O) groups is 2. The van der Waals surface area contributed by atoms with Crippen molar-refractivity contribution in [1.82, 2.24) is 5.43 Å². The molecule has 112 valence electrons. The van der Waals surface area contributed by atoms with Gasteiger partial charge in [0.1, 0.15) is 0 Å². The third-order valence-electron chi connectivity index (χ3n) is 2.85. The maximum Gasteiger partial charge on any atom is 0.337 e. The van der Waals surface area contributed by atoms with Crippen LogP contribution >= 0.6 is 11.6 Å². The quantitative estimate of drug-likeness (QED) is 0.596. The number of rotatable bonds is 4. The Bertz CT molecular complexity index is 759. The molecule has 0 spiro atoms. The fourth-order valence-corrected chi connectivity index (χ4v) is 2.16. The Hall–Kier alpha value is -2.86. The molecule has 22 heavy (non-hydrogen) atoms. The number of benzene rings is 2. The lowest BCUT2D eigenvalue weighted by Gasteiger charge is -2.08. The molecule has 2 rings (SSSR count). The molecule has 0 aliphatic rings. The van der Waals surface area contributed by atoms with Gasteiger partial charge in [-0.2, -0.15) is 5.10 Å². The number of aromatic carboxylic acids is 1. The standard InChI is InChI=1S/C15H12ClN3O3/c16-13-7-9(5-6-12(13)14(20)21)11-4-2-1-3-10(11)8-18-19-15(17)22/h1-8H,(H,20,21)(H3,17,19,22). The smallest absolute Gasteiger partial charge is 0.337 e. The molecule has 0 radical (unpaired) electrons. The Morgan fingerprint density at radius 3 is 2.59 bits per heavy atom. The normalized spacial score (nSPS) is 10.6. The van der Waals surface area contributed by atoms with Crippen LogP contribution in [0.4, 0.5) is 4.79 Å². The van der Waals surface area contributed by atoms with Gasteiger partial charge in [-0.15, -0.1) is 0 Å². The number of nitrogens with zero attached hydrogens (tertiary/aromatic N) is 1. The van der Waals surface area contributed by atoms with Gasteiger partial charge in [-0.25, -0.2) is 15.0 Å². The average molecular weight is 318 g/mol. The van der Waals surface area contributed by atoms with Gasteiger partial charge >= 0.3 is 12.0 Å². The van der Waals surface area contributed by atoms with Gasteiger partial charge in [0, 0.05) is 5.56 Å². The summed E-state index contributed by atoms with van der Waals surface area (Å²) >= 11 is 5.98. The van der Waals surface area contributed by atoms with E-state index in [0.717, 1.165) is 16.7 Å². The summed E-state index contributed by atoms with van der Waals surface area (Å²) in [7, 11) is 0. The number of halogens is 1. The van der Waals surface area contributed by atoms with Crippen molar-refractivity contribution in [3.05, 3.63) is 58.6 Å². The maximum absolute atomic E-state index is 11.0. The van der Waals surface area contributed by atoms with Crippen LogP contribution in [0.3, 0.4) is 0 Å². The number of carboxylic acids is 1. The number of hydrogen-bond acceptors (Lipinski definition) is 3. The summed E-state index contributed by atoms with van der Waals surface area (Å²) in [6, 6.07) is 11.2. The van der Waals surface area contributed by atoms with Crippen LogP contribution < -0.4 is 11.2 Å². The molecular weight excluding hydrogens is 306 g/mol. The fourth-order valence-electron chi connectivity index (χ4n) is 1.89. The molecule has 0 atom stereocenters. The van der Waals surface area contributed by atoms with E-state index >= 15 is 0 Å². The largest absolute Gasteiger partial charge is 0.478 e. The minimum Gasteiger partial charge on any atom is -0.478 e. The molecule has 0 saturated carbocycles. The highest BCUT2D eigenvalue weighted by molar-refractivity contribution is 6.33. The first-order chi connectivity index (χ1) is 10.5. The van der Waals surface area contributed by atoms with E-state index < -0.39 is 12.0 Å². The number of carboxylic acid groups (broad SMARTS) is 1. The Balaban J connectivity index is 2.41. The Morgan fingerprint density at radius 1 is 1.23 bits per heavy atom. The molecule has 4 N–H and O–H groups in total. The highest BCUT2D eigenvalue weighted by atomic mass is 35.5. The third kappa shape index (κ3) is 3.62. The molecule has 2 aromatic rings. The van der Waals surface area contributed by atoms with Crippen LogP contribution in [-0.2, 0) is 0 Å². The highest BCUT2D eigenvalue weighted by Crippen LogP contribution is 2.27. The molecule has 6 nitrogen and oxygen atoms in total. The number of amides is 2. The summed E-state index contributed by atoms with van der Waals surface area (Å²) in [4.78, 5) is 21.6. The molecule has 2 aromatic carbocycles. The van der Waals surface area contributed by atoms with Crippen LogP contribution in [-0.4, -0.2) is 23.3 Å². The van der Waals surface area contributed by atoms with E-state index in [4.69, 9.17) is 22.4 Å². The number of carbonyl (C=O) groups excluding carboxylic acids is 1. The molecule has 0 unspecified atom stereocenters. The van der Waals surface area contributed by atoms with Gasteiger partial charge in [0.2, 0.25) is 0 Å². The lowest BCUT2D eigenvalue weighted by Crippen LogP contribution is -2.24. The van der Waals surface area contributed by atoms with E-state index in [2.05, 4.69) is 10.5 Å². The molecule has 0 aromatic heterocycles. The average Bonchev–Trinajstić information content (AvgIpc) is 2.47. The number of urea groups is 1. The van der Waals surface area contributed by atoms with E-state index in [-0.39, 0.29) is 10.6 Å². The molecule has 0 bridgehead atoms. The second-order valence-electron chi connectivity index (χ2n) is 4.32. The van der Waals surface area contributed by atoms with Gasteiger partial charge in [0.15, 0.2) is 0 Å². The van der Waals surface area contributed by atoms with Gasteiger partial charge in [0.25, 0.3) is 0 Å². The summed E-state index contributed by atoms with van der Waals surface area (Å²) in [5.41, 5.74) is 9.32.